The van der Waals surface area contributed by atoms with Gasteiger partial charge in [-0.2, -0.15) is 0 Å². The highest BCUT2D eigenvalue weighted by molar-refractivity contribution is 8.23. The lowest BCUT2D eigenvalue weighted by Gasteiger charge is -2.29. The molecule has 0 unspecified atom stereocenters. The summed E-state index contributed by atoms with van der Waals surface area (Å²) in [7, 11) is 1.60. The fourth-order valence-electron chi connectivity index (χ4n) is 4.00. The zero-order valence-corrected chi connectivity index (χ0v) is 20.6. The normalized spacial score (nSPS) is 18.6. The maximum Gasteiger partial charge on any atom is 0.247 e. The molecular formula is C26H26N2O4S2. The third-order valence-corrected chi connectivity index (χ3v) is 7.58. The maximum absolute atomic E-state index is 13.0. The first-order chi connectivity index (χ1) is 16.5. The van der Waals surface area contributed by atoms with Crippen LogP contribution in [0.3, 0.4) is 0 Å². The van der Waals surface area contributed by atoms with Crippen LogP contribution in [0.1, 0.15) is 41.6 Å². The van der Waals surface area contributed by atoms with Crippen molar-refractivity contribution in [2.45, 2.75) is 30.9 Å². The Morgan fingerprint density at radius 2 is 1.71 bits per heavy atom. The third kappa shape index (κ3) is 5.56. The van der Waals surface area contributed by atoms with Crippen molar-refractivity contribution in [1.82, 2.24) is 4.90 Å². The molecule has 2 saturated heterocycles. The Balaban J connectivity index is 1.38. The quantitative estimate of drug-likeness (QED) is 0.249. The molecule has 0 spiro atoms. The second kappa shape index (κ2) is 11.0. The molecule has 0 aromatic heterocycles. The van der Waals surface area contributed by atoms with Gasteiger partial charge >= 0.3 is 0 Å². The summed E-state index contributed by atoms with van der Waals surface area (Å²) in [6.07, 6.45) is 6.76. The highest BCUT2D eigenvalue weighted by Gasteiger charge is 2.41. The number of benzene rings is 2. The van der Waals surface area contributed by atoms with E-state index in [1.165, 1.54) is 29.2 Å². The first kappa shape index (κ1) is 24.2. The summed E-state index contributed by atoms with van der Waals surface area (Å²) in [5, 5.41) is -0.504. The molecule has 2 aliphatic rings. The molecule has 2 aromatic carbocycles. The number of rotatable bonds is 6. The number of nitrogens with zero attached hydrogens (tertiary/aromatic N) is 2. The van der Waals surface area contributed by atoms with Gasteiger partial charge in [0.2, 0.25) is 11.8 Å². The largest absolute Gasteiger partial charge is 0.497 e. The Bertz CT molecular complexity index is 1110. The fourth-order valence-corrected chi connectivity index (χ4v) is 5.54. The van der Waals surface area contributed by atoms with Crippen LogP contribution >= 0.6 is 24.0 Å². The summed E-state index contributed by atoms with van der Waals surface area (Å²) in [5.74, 6) is 0.0797. The van der Waals surface area contributed by atoms with Crippen LogP contribution in [-0.4, -0.2) is 52.3 Å². The molecule has 8 heteroatoms. The number of allylic oxidation sites excluding steroid dienone is 1. The maximum atomic E-state index is 13.0. The molecule has 2 amide bonds. The number of likely N-dealkylation sites (tertiary alicyclic amines) is 1. The van der Waals surface area contributed by atoms with Gasteiger partial charge in [0.05, 0.1) is 12.8 Å². The van der Waals surface area contributed by atoms with Crippen LogP contribution in [0.4, 0.5) is 5.69 Å². The van der Waals surface area contributed by atoms with Gasteiger partial charge in [-0.15, -0.1) is 0 Å². The van der Waals surface area contributed by atoms with Gasteiger partial charge in [0, 0.05) is 25.1 Å². The molecule has 34 heavy (non-hydrogen) atoms. The monoisotopic (exact) mass is 494 g/mol. The summed E-state index contributed by atoms with van der Waals surface area (Å²) in [4.78, 5) is 41.5. The molecule has 6 nitrogen and oxygen atoms in total. The van der Waals surface area contributed by atoms with Crippen LogP contribution in [0.5, 0.6) is 5.75 Å². The Hall–Kier alpha value is -2.97. The highest BCUT2D eigenvalue weighted by atomic mass is 32.2. The number of anilines is 1. The van der Waals surface area contributed by atoms with Crippen LogP contribution in [0.15, 0.2) is 54.6 Å². The van der Waals surface area contributed by atoms with Crippen molar-refractivity contribution in [2.24, 2.45) is 0 Å². The van der Waals surface area contributed by atoms with E-state index < -0.39 is 5.25 Å². The predicted octanol–water partition coefficient (Wildman–Crippen LogP) is 4.73. The van der Waals surface area contributed by atoms with Crippen molar-refractivity contribution < 1.29 is 19.1 Å². The van der Waals surface area contributed by atoms with E-state index in [1.54, 1.807) is 37.5 Å². The molecule has 2 heterocycles. The van der Waals surface area contributed by atoms with Crippen molar-refractivity contribution >= 4 is 57.7 Å². The summed E-state index contributed by atoms with van der Waals surface area (Å²) in [5.41, 5.74) is 1.83. The van der Waals surface area contributed by atoms with Gasteiger partial charge in [0.1, 0.15) is 15.3 Å². The van der Waals surface area contributed by atoms with Crippen molar-refractivity contribution in [1.29, 1.82) is 0 Å². The van der Waals surface area contributed by atoms with E-state index >= 15 is 0 Å². The predicted molar refractivity (Wildman–Crippen MR) is 139 cm³/mol. The highest BCUT2D eigenvalue weighted by Crippen LogP contribution is 2.32. The molecule has 2 fully saturated rings. The molecule has 0 aliphatic carbocycles. The number of ketones is 1. The molecule has 176 valence electrons. The SMILES string of the molecule is COc1ccc(/C=C/C(=O)c2ccc(N3C(=O)C[C@H](SC(=S)N4CCCCC4)C3=O)cc2)cc1. The van der Waals surface area contributed by atoms with Gasteiger partial charge in [-0.3, -0.25) is 14.4 Å². The minimum Gasteiger partial charge on any atom is -0.497 e. The van der Waals surface area contributed by atoms with Gasteiger partial charge in [-0.05, 0) is 67.3 Å². The number of thiocarbonyl (C=S) groups is 1. The smallest absolute Gasteiger partial charge is 0.247 e. The van der Waals surface area contributed by atoms with Crippen LogP contribution in [0.25, 0.3) is 6.08 Å². The summed E-state index contributed by atoms with van der Waals surface area (Å²) < 4.78 is 5.82. The van der Waals surface area contributed by atoms with Crippen LogP contribution < -0.4 is 9.64 Å². The second-order valence-electron chi connectivity index (χ2n) is 8.21. The van der Waals surface area contributed by atoms with Gasteiger partial charge in [0.25, 0.3) is 0 Å². The molecular weight excluding hydrogens is 468 g/mol. The minimum atomic E-state index is -0.504. The second-order valence-corrected chi connectivity index (χ2v) is 10.0. The number of imide groups is 1. The van der Waals surface area contributed by atoms with E-state index in [1.807, 2.05) is 24.3 Å². The van der Waals surface area contributed by atoms with Gasteiger partial charge in [0.15, 0.2) is 5.78 Å². The molecule has 0 N–H and O–H groups in total. The number of thioether (sulfide) groups is 1. The van der Waals surface area contributed by atoms with Crippen molar-refractivity contribution in [2.75, 3.05) is 25.1 Å². The molecule has 4 rings (SSSR count). The lowest BCUT2D eigenvalue weighted by Crippen LogP contribution is -2.35. The minimum absolute atomic E-state index is 0.128. The van der Waals surface area contributed by atoms with Gasteiger partial charge in [-0.1, -0.05) is 42.2 Å². The fraction of sp³-hybridized carbons (Fsp3) is 0.308. The van der Waals surface area contributed by atoms with E-state index in [-0.39, 0.29) is 24.0 Å². The molecule has 2 aliphatic heterocycles. The molecule has 0 bridgehead atoms. The zero-order valence-electron chi connectivity index (χ0n) is 18.9. The lowest BCUT2D eigenvalue weighted by molar-refractivity contribution is -0.121. The summed E-state index contributed by atoms with van der Waals surface area (Å²) >= 11 is 6.85. The van der Waals surface area contributed by atoms with E-state index in [2.05, 4.69) is 4.90 Å². The number of hydrogen-bond donors (Lipinski definition) is 0. The Morgan fingerprint density at radius 1 is 1.03 bits per heavy atom. The number of amides is 2. The standard InChI is InChI=1S/C26H26N2O4S2/c1-32-21-12-5-18(6-13-21)7-14-22(29)19-8-10-20(11-9-19)28-24(30)17-23(25(28)31)34-26(33)27-15-3-2-4-16-27/h5-14,23H,2-4,15-17H2,1H3/b14-7+/t23-/m0/s1. The van der Waals surface area contributed by atoms with E-state index in [0.717, 1.165) is 37.2 Å². The average molecular weight is 495 g/mol. The number of ether oxygens (including phenoxy) is 1. The topological polar surface area (TPSA) is 66.9 Å². The zero-order chi connectivity index (χ0) is 24.1. The van der Waals surface area contributed by atoms with E-state index in [9.17, 15) is 14.4 Å². The van der Waals surface area contributed by atoms with E-state index in [4.69, 9.17) is 17.0 Å². The Morgan fingerprint density at radius 3 is 2.35 bits per heavy atom. The van der Waals surface area contributed by atoms with Crippen LogP contribution in [0.2, 0.25) is 0 Å². The summed E-state index contributed by atoms with van der Waals surface area (Å²) in [6, 6.07) is 13.9. The first-order valence-corrected chi connectivity index (χ1v) is 12.5. The van der Waals surface area contributed by atoms with Crippen LogP contribution in [-0.2, 0) is 9.59 Å². The summed E-state index contributed by atoms with van der Waals surface area (Å²) in [6.45, 7) is 1.82. The molecule has 1 atom stereocenters. The van der Waals surface area contributed by atoms with Crippen molar-refractivity contribution in [3.8, 4) is 5.75 Å². The number of hydrogen-bond acceptors (Lipinski definition) is 6. The number of piperidine rings is 1. The molecule has 0 saturated carbocycles. The number of carbonyl (C=O) groups is 3. The van der Waals surface area contributed by atoms with Crippen molar-refractivity contribution in [3.63, 3.8) is 0 Å². The lowest BCUT2D eigenvalue weighted by atomic mass is 10.1. The van der Waals surface area contributed by atoms with Gasteiger partial charge < -0.3 is 9.64 Å². The van der Waals surface area contributed by atoms with Crippen molar-refractivity contribution in [3.05, 3.63) is 65.7 Å². The number of carbonyl (C=O) groups excluding carboxylic acids is 3. The van der Waals surface area contributed by atoms with E-state index in [0.29, 0.717) is 15.6 Å². The molecule has 2 aromatic rings. The Kier molecular flexibility index (Phi) is 7.80. The van der Waals surface area contributed by atoms with Crippen LogP contribution in [0, 0.1) is 0 Å². The average Bonchev–Trinajstić information content (AvgIpc) is 3.15. The first-order valence-electron chi connectivity index (χ1n) is 11.2. The van der Waals surface area contributed by atoms with Gasteiger partial charge in [-0.25, -0.2) is 4.90 Å². The third-order valence-electron chi connectivity index (χ3n) is 5.92. The molecule has 0 radical (unpaired) electrons. The number of methoxy groups -OCH3 is 1. The Labute approximate surface area is 208 Å².